The van der Waals surface area contributed by atoms with Crippen molar-refractivity contribution < 1.29 is 26.2 Å². The molecule has 0 heterocycles. The Hall–Kier alpha value is 1.68. The molecule has 0 aliphatic carbocycles. The molecule has 0 atom stereocenters. The first-order valence-corrected chi connectivity index (χ1v) is 4.50. The van der Waals surface area contributed by atoms with Gasteiger partial charge >= 0.3 is 0 Å². The Morgan fingerprint density at radius 2 is 0.857 bits per heavy atom. The smallest absolute Gasteiger partial charge is 0.0379 e. The quantitative estimate of drug-likeness (QED) is 0.567. The molecule has 0 bridgehead atoms. The summed E-state index contributed by atoms with van der Waals surface area (Å²) in [5.74, 6) is 0. The Morgan fingerprint density at radius 3 is 0.857 bits per heavy atom. The van der Waals surface area contributed by atoms with E-state index in [1.165, 1.54) is 0 Å². The van der Waals surface area contributed by atoms with E-state index >= 15 is 0 Å². The van der Waals surface area contributed by atoms with Crippen LogP contribution in [0.2, 0.25) is 19.6 Å². The van der Waals surface area contributed by atoms with Crippen LogP contribution in [0.5, 0.6) is 0 Å². The second-order valence-corrected chi connectivity index (χ2v) is 4.50. The summed E-state index contributed by atoms with van der Waals surface area (Å²) in [6.07, 6.45) is 0. The normalized spacial score (nSPS) is 5.14. The van der Waals surface area contributed by atoms with Crippen LogP contribution in [-0.4, -0.2) is 8.80 Å². The van der Waals surface area contributed by atoms with Crippen molar-refractivity contribution in [2.24, 2.45) is 0 Å². The van der Waals surface area contributed by atoms with Crippen molar-refractivity contribution in [3.63, 3.8) is 0 Å². The van der Waals surface area contributed by atoms with Crippen LogP contribution >= 0.6 is 24.8 Å². The summed E-state index contributed by atoms with van der Waals surface area (Å²) in [4.78, 5) is 0. The summed E-state index contributed by atoms with van der Waals surface area (Å²) in [6, 6.07) is 0. The molecule has 7 heavy (non-hydrogen) atoms. The maximum Gasteiger partial charge on any atom is 0.0379 e. The largest absolute Gasteiger partial charge is 0.147 e. The summed E-state index contributed by atoms with van der Waals surface area (Å²) in [6.45, 7) is 6.81. The Morgan fingerprint density at radius 1 is 0.857 bits per heavy atom. The molecule has 0 saturated heterocycles. The summed E-state index contributed by atoms with van der Waals surface area (Å²) in [5, 5.41) is 0. The fourth-order valence-corrected chi connectivity index (χ4v) is 0. The van der Waals surface area contributed by atoms with Crippen LogP contribution in [-0.2, 0) is 26.2 Å². The van der Waals surface area contributed by atoms with Crippen LogP contribution in [0, 0.1) is 0 Å². The Balaban J connectivity index is -0.0000000150. The van der Waals surface area contributed by atoms with E-state index in [1.54, 1.807) is 0 Å². The van der Waals surface area contributed by atoms with Gasteiger partial charge in [0.15, 0.2) is 0 Å². The van der Waals surface area contributed by atoms with Crippen molar-refractivity contribution >= 4 is 33.6 Å². The zero-order chi connectivity index (χ0) is 3.58. The molecular formula is C3H11Cl2SiZr. The van der Waals surface area contributed by atoms with E-state index in [-0.39, 0.29) is 59.8 Å². The Kier molecular flexibility index (Phi) is 52.2. The van der Waals surface area contributed by atoms with Crippen molar-refractivity contribution in [1.29, 1.82) is 0 Å². The van der Waals surface area contributed by atoms with Crippen molar-refractivity contribution in [2.75, 3.05) is 0 Å². The van der Waals surface area contributed by atoms with Gasteiger partial charge in [-0.3, -0.25) is 0 Å². The predicted molar refractivity (Wildman–Crippen MR) is 37.8 cm³/mol. The van der Waals surface area contributed by atoms with Gasteiger partial charge in [0.1, 0.15) is 0 Å². The SMILES string of the molecule is C[Si](C)C.Cl.Cl.[Zr]. The molecule has 4 heteroatoms. The first-order chi connectivity index (χ1) is 1.73. The minimum absolute atomic E-state index is 0. The Bertz CT molecular complexity index is 17.7. The molecule has 0 fully saturated rings. The van der Waals surface area contributed by atoms with E-state index in [2.05, 4.69) is 19.6 Å². The first-order valence-electron chi connectivity index (χ1n) is 1.50. The maximum atomic E-state index is 2.27. The van der Waals surface area contributed by atoms with Gasteiger partial charge < -0.3 is 0 Å². The van der Waals surface area contributed by atoms with Crippen molar-refractivity contribution in [3.8, 4) is 0 Å². The number of hydrogen-bond donors (Lipinski definition) is 0. The second-order valence-electron chi connectivity index (χ2n) is 1.50. The monoisotopic (exact) mass is 235 g/mol. The zero-order valence-electron chi connectivity index (χ0n) is 4.82. The van der Waals surface area contributed by atoms with Gasteiger partial charge in [0.05, 0.1) is 0 Å². The van der Waals surface area contributed by atoms with E-state index < -0.39 is 0 Å². The third-order valence-electron chi connectivity index (χ3n) is 0. The van der Waals surface area contributed by atoms with Crippen LogP contribution in [0.3, 0.4) is 0 Å². The molecule has 0 nitrogen and oxygen atoms in total. The molecule has 0 amide bonds. The molecule has 1 radical (unpaired) electrons. The molecule has 0 N–H and O–H groups in total. The minimum Gasteiger partial charge on any atom is -0.147 e. The van der Waals surface area contributed by atoms with Gasteiger partial charge in [-0.05, 0) is 0 Å². The Labute approximate surface area is 79.0 Å². The minimum atomic E-state index is 0. The number of hydrogen-bond acceptors (Lipinski definition) is 0. The van der Waals surface area contributed by atoms with Gasteiger partial charge in [-0.25, -0.2) is 0 Å². The van der Waals surface area contributed by atoms with Crippen molar-refractivity contribution in [1.82, 2.24) is 0 Å². The molecule has 0 aliphatic rings. The van der Waals surface area contributed by atoms with E-state index in [1.807, 2.05) is 0 Å². The van der Waals surface area contributed by atoms with Crippen LogP contribution in [0.4, 0.5) is 0 Å². The molecule has 0 unspecified atom stereocenters. The molecule has 0 rings (SSSR count). The van der Waals surface area contributed by atoms with E-state index in [0.29, 0.717) is 0 Å². The van der Waals surface area contributed by atoms with E-state index in [4.69, 9.17) is 0 Å². The van der Waals surface area contributed by atoms with Gasteiger partial charge in [0.2, 0.25) is 0 Å². The second kappa shape index (κ2) is 15.6. The average Bonchev–Trinajstić information content (AvgIpc) is 0.811. The van der Waals surface area contributed by atoms with Gasteiger partial charge in [-0.1, -0.05) is 19.6 Å². The summed E-state index contributed by atoms with van der Waals surface area (Å²) in [7, 11) is 0.120. The molecule has 0 aliphatic heterocycles. The molecule has 0 saturated carbocycles. The summed E-state index contributed by atoms with van der Waals surface area (Å²) >= 11 is 0. The third kappa shape index (κ3) is 87.8. The van der Waals surface area contributed by atoms with Crippen LogP contribution in [0.15, 0.2) is 0 Å². The topological polar surface area (TPSA) is 0 Å². The van der Waals surface area contributed by atoms with Crippen LogP contribution in [0.25, 0.3) is 0 Å². The number of halogens is 2. The summed E-state index contributed by atoms with van der Waals surface area (Å²) < 4.78 is 0. The molecular weight excluding hydrogens is 226 g/mol. The van der Waals surface area contributed by atoms with Gasteiger partial charge in [-0.15, -0.1) is 24.8 Å². The van der Waals surface area contributed by atoms with Crippen LogP contribution < -0.4 is 0 Å². The fraction of sp³-hybridized carbons (Fsp3) is 1.00. The van der Waals surface area contributed by atoms with Gasteiger partial charge in [0, 0.05) is 35.0 Å². The predicted octanol–water partition coefficient (Wildman–Crippen LogP) is 2.21. The van der Waals surface area contributed by atoms with E-state index in [9.17, 15) is 0 Å². The molecule has 0 spiro atoms. The molecule has 45 valence electrons. The molecule has 0 aromatic heterocycles. The van der Waals surface area contributed by atoms with Gasteiger partial charge in [-0.2, -0.15) is 0 Å². The summed E-state index contributed by atoms with van der Waals surface area (Å²) in [5.41, 5.74) is 0. The third-order valence-corrected chi connectivity index (χ3v) is 0. The first kappa shape index (κ1) is 23.4. The fourth-order valence-electron chi connectivity index (χ4n) is 0. The maximum absolute atomic E-state index is 2.27. The van der Waals surface area contributed by atoms with E-state index in [0.717, 1.165) is 0 Å². The zero-order valence-corrected chi connectivity index (χ0v) is 9.91. The molecule has 0 aromatic carbocycles. The molecule has 0 aromatic rings. The number of rotatable bonds is 0. The van der Waals surface area contributed by atoms with Crippen molar-refractivity contribution in [3.05, 3.63) is 0 Å². The average molecular weight is 237 g/mol. The van der Waals surface area contributed by atoms with Gasteiger partial charge in [0.25, 0.3) is 0 Å². The van der Waals surface area contributed by atoms with Crippen molar-refractivity contribution in [2.45, 2.75) is 19.6 Å². The standard InChI is InChI=1S/C3H9Si.2ClH.Zr/c1-4(2)3;;;/h1-3H3;2*1H;. The van der Waals surface area contributed by atoms with Crippen LogP contribution in [0.1, 0.15) is 0 Å².